The second kappa shape index (κ2) is 4.27. The van der Waals surface area contributed by atoms with Crippen molar-refractivity contribution in [3.63, 3.8) is 0 Å². The minimum atomic E-state index is 0.648. The van der Waals surface area contributed by atoms with Crippen molar-refractivity contribution in [2.75, 3.05) is 13.1 Å². The molecule has 1 aliphatic heterocycles. The van der Waals surface area contributed by atoms with Crippen molar-refractivity contribution in [3.8, 4) is 0 Å². The third kappa shape index (κ3) is 3.14. The van der Waals surface area contributed by atoms with Crippen molar-refractivity contribution in [3.05, 3.63) is 0 Å². The highest BCUT2D eigenvalue weighted by Crippen LogP contribution is 2.34. The van der Waals surface area contributed by atoms with Gasteiger partial charge in [-0.2, -0.15) is 0 Å². The van der Waals surface area contributed by atoms with Gasteiger partial charge in [-0.25, -0.2) is 0 Å². The molecule has 1 saturated heterocycles. The summed E-state index contributed by atoms with van der Waals surface area (Å²) in [6.45, 7) is 9.56. The molecule has 0 saturated carbocycles. The van der Waals surface area contributed by atoms with E-state index >= 15 is 0 Å². The zero-order chi connectivity index (χ0) is 9.03. The van der Waals surface area contributed by atoms with Crippen LogP contribution in [0.3, 0.4) is 0 Å². The van der Waals surface area contributed by atoms with Crippen LogP contribution in [-0.2, 0) is 0 Å². The van der Waals surface area contributed by atoms with Gasteiger partial charge in [0.2, 0.25) is 0 Å². The quantitative estimate of drug-likeness (QED) is 0.685. The van der Waals surface area contributed by atoms with E-state index in [2.05, 4.69) is 26.1 Å². The number of hydrogen-bond acceptors (Lipinski definition) is 1. The van der Waals surface area contributed by atoms with E-state index in [9.17, 15) is 0 Å². The van der Waals surface area contributed by atoms with Gasteiger partial charge in [0.25, 0.3) is 0 Å². The molecule has 1 heterocycles. The minimum absolute atomic E-state index is 0.648. The Morgan fingerprint density at radius 3 is 2.33 bits per heavy atom. The average molecular weight is 169 g/mol. The number of piperidine rings is 1. The fraction of sp³-hybridized carbons (Fsp3) is 1.00. The van der Waals surface area contributed by atoms with Gasteiger partial charge in [0.05, 0.1) is 0 Å². The Labute approximate surface area is 76.9 Å². The molecule has 12 heavy (non-hydrogen) atoms. The molecule has 0 spiro atoms. The fourth-order valence-electron chi connectivity index (χ4n) is 1.92. The molecule has 0 amide bonds. The van der Waals surface area contributed by atoms with Gasteiger partial charge in [-0.3, -0.25) is 0 Å². The van der Waals surface area contributed by atoms with Gasteiger partial charge in [-0.05, 0) is 43.7 Å². The molecule has 1 aliphatic rings. The fourth-order valence-corrected chi connectivity index (χ4v) is 1.92. The van der Waals surface area contributed by atoms with Crippen molar-refractivity contribution in [1.82, 2.24) is 5.32 Å². The van der Waals surface area contributed by atoms with E-state index in [0.29, 0.717) is 5.41 Å². The van der Waals surface area contributed by atoms with Gasteiger partial charge in [0.1, 0.15) is 0 Å². The molecule has 72 valence electrons. The molecule has 0 unspecified atom stereocenters. The van der Waals surface area contributed by atoms with E-state index in [4.69, 9.17) is 0 Å². The molecule has 1 N–H and O–H groups in total. The van der Waals surface area contributed by atoms with Gasteiger partial charge in [0.15, 0.2) is 0 Å². The second-order valence-corrected chi connectivity index (χ2v) is 4.99. The Hall–Kier alpha value is -0.0400. The lowest BCUT2D eigenvalue weighted by molar-refractivity contribution is 0.198. The molecular weight excluding hydrogens is 146 g/mol. The maximum atomic E-state index is 3.43. The molecule has 1 rings (SSSR count). The SMILES string of the molecule is CC(C)CCC1(C)CCNCC1. The average Bonchev–Trinajstić information content (AvgIpc) is 2.03. The summed E-state index contributed by atoms with van der Waals surface area (Å²) in [4.78, 5) is 0. The van der Waals surface area contributed by atoms with Crippen LogP contribution < -0.4 is 5.32 Å². The number of hydrogen-bond donors (Lipinski definition) is 1. The third-order valence-electron chi connectivity index (χ3n) is 3.14. The number of nitrogens with one attached hydrogen (secondary N) is 1. The Kier molecular flexibility index (Phi) is 3.57. The van der Waals surface area contributed by atoms with E-state index < -0.39 is 0 Å². The maximum Gasteiger partial charge on any atom is -0.00437 e. The molecule has 1 fully saturated rings. The topological polar surface area (TPSA) is 12.0 Å². The minimum Gasteiger partial charge on any atom is -0.317 e. The summed E-state index contributed by atoms with van der Waals surface area (Å²) in [7, 11) is 0. The zero-order valence-electron chi connectivity index (χ0n) is 8.82. The first-order valence-electron chi connectivity index (χ1n) is 5.33. The van der Waals surface area contributed by atoms with Gasteiger partial charge >= 0.3 is 0 Å². The Morgan fingerprint density at radius 1 is 1.25 bits per heavy atom. The van der Waals surface area contributed by atoms with Gasteiger partial charge in [-0.1, -0.05) is 27.2 Å². The molecule has 0 aliphatic carbocycles. The van der Waals surface area contributed by atoms with Crippen LogP contribution in [0.5, 0.6) is 0 Å². The molecule has 0 aromatic heterocycles. The lowest BCUT2D eigenvalue weighted by Gasteiger charge is -2.34. The lowest BCUT2D eigenvalue weighted by atomic mass is 9.76. The highest BCUT2D eigenvalue weighted by Gasteiger charge is 2.25. The summed E-state index contributed by atoms with van der Waals surface area (Å²) in [5, 5.41) is 3.43. The van der Waals surface area contributed by atoms with Crippen LogP contribution in [0.25, 0.3) is 0 Å². The first-order valence-corrected chi connectivity index (χ1v) is 5.33. The van der Waals surface area contributed by atoms with E-state index in [-0.39, 0.29) is 0 Å². The summed E-state index contributed by atoms with van der Waals surface area (Å²) in [5.41, 5.74) is 0.648. The summed E-state index contributed by atoms with van der Waals surface area (Å²) < 4.78 is 0. The van der Waals surface area contributed by atoms with E-state index in [0.717, 1.165) is 5.92 Å². The second-order valence-electron chi connectivity index (χ2n) is 4.99. The smallest absolute Gasteiger partial charge is 0.00437 e. The molecule has 0 aromatic rings. The number of rotatable bonds is 3. The van der Waals surface area contributed by atoms with Crippen molar-refractivity contribution < 1.29 is 0 Å². The zero-order valence-corrected chi connectivity index (χ0v) is 8.82. The molecule has 1 heteroatoms. The molecule has 0 bridgehead atoms. The summed E-state index contributed by atoms with van der Waals surface area (Å²) in [5.74, 6) is 0.872. The normalized spacial score (nSPS) is 23.0. The summed E-state index contributed by atoms with van der Waals surface area (Å²) >= 11 is 0. The standard InChI is InChI=1S/C11H23N/c1-10(2)4-5-11(3)6-8-12-9-7-11/h10,12H,4-9H2,1-3H3. The van der Waals surface area contributed by atoms with Crippen LogP contribution in [0.1, 0.15) is 46.5 Å². The Morgan fingerprint density at radius 2 is 1.83 bits per heavy atom. The van der Waals surface area contributed by atoms with E-state index in [1.165, 1.54) is 38.8 Å². The van der Waals surface area contributed by atoms with Crippen molar-refractivity contribution in [2.45, 2.75) is 46.5 Å². The van der Waals surface area contributed by atoms with Crippen LogP contribution in [0.2, 0.25) is 0 Å². The molecule has 0 atom stereocenters. The summed E-state index contributed by atoms with van der Waals surface area (Å²) in [6, 6.07) is 0. The molecular formula is C11H23N. The summed E-state index contributed by atoms with van der Waals surface area (Å²) in [6.07, 6.45) is 5.57. The van der Waals surface area contributed by atoms with Crippen LogP contribution in [0.15, 0.2) is 0 Å². The predicted molar refractivity (Wildman–Crippen MR) is 54.3 cm³/mol. The van der Waals surface area contributed by atoms with Crippen molar-refractivity contribution in [2.24, 2.45) is 11.3 Å². The molecule has 0 radical (unpaired) electrons. The highest BCUT2D eigenvalue weighted by molar-refractivity contribution is 4.80. The maximum absolute atomic E-state index is 3.43. The first kappa shape index (κ1) is 10.0. The third-order valence-corrected chi connectivity index (χ3v) is 3.14. The largest absolute Gasteiger partial charge is 0.317 e. The van der Waals surface area contributed by atoms with E-state index in [1.807, 2.05) is 0 Å². The van der Waals surface area contributed by atoms with Crippen LogP contribution >= 0.6 is 0 Å². The van der Waals surface area contributed by atoms with E-state index in [1.54, 1.807) is 0 Å². The van der Waals surface area contributed by atoms with Crippen LogP contribution in [0.4, 0.5) is 0 Å². The molecule has 0 aromatic carbocycles. The van der Waals surface area contributed by atoms with Crippen LogP contribution in [-0.4, -0.2) is 13.1 Å². The monoisotopic (exact) mass is 169 g/mol. The van der Waals surface area contributed by atoms with Gasteiger partial charge < -0.3 is 5.32 Å². The van der Waals surface area contributed by atoms with Crippen molar-refractivity contribution in [1.29, 1.82) is 0 Å². The van der Waals surface area contributed by atoms with Crippen LogP contribution in [0, 0.1) is 11.3 Å². The van der Waals surface area contributed by atoms with Crippen molar-refractivity contribution >= 4 is 0 Å². The predicted octanol–water partition coefficient (Wildman–Crippen LogP) is 2.81. The molecule has 1 nitrogen and oxygen atoms in total. The Balaban J connectivity index is 2.26. The highest BCUT2D eigenvalue weighted by atomic mass is 14.9. The lowest BCUT2D eigenvalue weighted by Crippen LogP contribution is -2.34. The first-order chi connectivity index (χ1) is 5.62. The van der Waals surface area contributed by atoms with Gasteiger partial charge in [0, 0.05) is 0 Å². The van der Waals surface area contributed by atoms with Gasteiger partial charge in [-0.15, -0.1) is 0 Å². The Bertz CT molecular complexity index is 123.